The first-order valence-electron chi connectivity index (χ1n) is 7.98. The van der Waals surface area contributed by atoms with Crippen LogP contribution in [-0.4, -0.2) is 16.5 Å². The van der Waals surface area contributed by atoms with Gasteiger partial charge in [-0.05, 0) is 32.6 Å². The van der Waals surface area contributed by atoms with E-state index in [-0.39, 0.29) is 0 Å². The molecule has 1 aromatic heterocycles. The number of anilines is 1. The van der Waals surface area contributed by atoms with E-state index in [1.807, 2.05) is 0 Å². The molecular weight excluding hydrogens is 258 g/mol. The van der Waals surface area contributed by atoms with Crippen LogP contribution in [-0.2, 0) is 12.8 Å². The third-order valence-electron chi connectivity index (χ3n) is 4.07. The Hall–Kier alpha value is -1.90. The smallest absolute Gasteiger partial charge is 0.161 e. The van der Waals surface area contributed by atoms with Crippen LogP contribution in [0.5, 0.6) is 0 Å². The van der Waals surface area contributed by atoms with Crippen LogP contribution in [0.1, 0.15) is 43.0 Å². The van der Waals surface area contributed by atoms with Crippen molar-refractivity contribution in [3.8, 4) is 11.4 Å². The molecule has 1 N–H and O–H groups in total. The minimum absolute atomic E-state index is 0.856. The largest absolute Gasteiger partial charge is 0.370 e. The standard InChI is InChI=1S/C18H23N3/c1-3-4-12-19-18-15-6-5-7-16(15)20-17(21-18)14-10-8-13(2)9-11-14/h8-11H,3-7,12H2,1-2H3,(H,19,20,21). The molecule has 0 unspecified atom stereocenters. The molecule has 0 saturated carbocycles. The van der Waals surface area contributed by atoms with Crippen LogP contribution in [0.4, 0.5) is 5.82 Å². The molecule has 0 aliphatic heterocycles. The number of nitrogens with one attached hydrogen (secondary N) is 1. The predicted molar refractivity (Wildman–Crippen MR) is 87.6 cm³/mol. The lowest BCUT2D eigenvalue weighted by Crippen LogP contribution is -2.08. The lowest BCUT2D eigenvalue weighted by Gasteiger charge is -2.12. The van der Waals surface area contributed by atoms with E-state index >= 15 is 0 Å². The van der Waals surface area contributed by atoms with Crippen molar-refractivity contribution in [2.75, 3.05) is 11.9 Å². The van der Waals surface area contributed by atoms with Gasteiger partial charge in [0.05, 0.1) is 0 Å². The fourth-order valence-electron chi connectivity index (χ4n) is 2.79. The normalized spacial score (nSPS) is 13.2. The summed E-state index contributed by atoms with van der Waals surface area (Å²) in [6, 6.07) is 8.47. The van der Waals surface area contributed by atoms with Gasteiger partial charge in [-0.2, -0.15) is 0 Å². The van der Waals surface area contributed by atoms with Crippen LogP contribution in [0.15, 0.2) is 24.3 Å². The summed E-state index contributed by atoms with van der Waals surface area (Å²) in [7, 11) is 0. The summed E-state index contributed by atoms with van der Waals surface area (Å²) in [5, 5.41) is 3.52. The van der Waals surface area contributed by atoms with Crippen molar-refractivity contribution in [2.45, 2.75) is 46.0 Å². The molecule has 1 aliphatic carbocycles. The van der Waals surface area contributed by atoms with Crippen molar-refractivity contribution in [1.29, 1.82) is 0 Å². The molecule has 0 atom stereocenters. The summed E-state index contributed by atoms with van der Waals surface area (Å²) in [6.07, 6.45) is 5.77. The Kier molecular flexibility index (Phi) is 4.18. The summed E-state index contributed by atoms with van der Waals surface area (Å²) in [4.78, 5) is 9.58. The zero-order chi connectivity index (χ0) is 14.7. The van der Waals surface area contributed by atoms with Crippen LogP contribution >= 0.6 is 0 Å². The van der Waals surface area contributed by atoms with E-state index in [9.17, 15) is 0 Å². The van der Waals surface area contributed by atoms with Gasteiger partial charge in [0.25, 0.3) is 0 Å². The average molecular weight is 281 g/mol. The number of hydrogen-bond donors (Lipinski definition) is 1. The van der Waals surface area contributed by atoms with Gasteiger partial charge in [-0.3, -0.25) is 0 Å². The first kappa shape index (κ1) is 14.1. The lowest BCUT2D eigenvalue weighted by molar-refractivity contribution is 0.828. The zero-order valence-corrected chi connectivity index (χ0v) is 12.9. The lowest BCUT2D eigenvalue weighted by atomic mass is 10.1. The maximum Gasteiger partial charge on any atom is 0.161 e. The highest BCUT2D eigenvalue weighted by molar-refractivity contribution is 5.61. The molecule has 2 aromatic rings. The first-order chi connectivity index (χ1) is 10.3. The van der Waals surface area contributed by atoms with Crippen LogP contribution < -0.4 is 5.32 Å². The van der Waals surface area contributed by atoms with E-state index < -0.39 is 0 Å². The van der Waals surface area contributed by atoms with Gasteiger partial charge in [-0.25, -0.2) is 9.97 Å². The van der Waals surface area contributed by atoms with Crippen molar-refractivity contribution in [3.05, 3.63) is 41.1 Å². The molecule has 1 aromatic carbocycles. The van der Waals surface area contributed by atoms with Crippen molar-refractivity contribution in [1.82, 2.24) is 9.97 Å². The Morgan fingerprint density at radius 1 is 1.10 bits per heavy atom. The molecule has 3 nitrogen and oxygen atoms in total. The Morgan fingerprint density at radius 3 is 2.67 bits per heavy atom. The Labute approximate surface area is 126 Å². The molecule has 3 rings (SSSR count). The number of unbranched alkanes of at least 4 members (excludes halogenated alkanes) is 1. The fraction of sp³-hybridized carbons (Fsp3) is 0.444. The number of benzene rings is 1. The molecular formula is C18H23N3. The summed E-state index contributed by atoms with van der Waals surface area (Å²) in [6.45, 7) is 5.31. The SMILES string of the molecule is CCCCNc1nc(-c2ccc(C)cc2)nc2c1CCC2. The highest BCUT2D eigenvalue weighted by Gasteiger charge is 2.19. The van der Waals surface area contributed by atoms with Gasteiger partial charge in [-0.1, -0.05) is 43.2 Å². The highest BCUT2D eigenvalue weighted by atomic mass is 15.0. The number of rotatable bonds is 5. The van der Waals surface area contributed by atoms with Gasteiger partial charge in [0.15, 0.2) is 5.82 Å². The third-order valence-corrected chi connectivity index (χ3v) is 4.07. The number of aromatic nitrogens is 2. The van der Waals surface area contributed by atoms with Gasteiger partial charge in [-0.15, -0.1) is 0 Å². The molecule has 3 heteroatoms. The van der Waals surface area contributed by atoms with E-state index in [1.165, 1.54) is 36.1 Å². The monoisotopic (exact) mass is 281 g/mol. The average Bonchev–Trinajstić information content (AvgIpc) is 2.96. The molecule has 0 spiro atoms. The van der Waals surface area contributed by atoms with Crippen LogP contribution in [0.3, 0.4) is 0 Å². The minimum atomic E-state index is 0.856. The first-order valence-corrected chi connectivity index (χ1v) is 7.98. The maximum absolute atomic E-state index is 4.79. The second-order valence-corrected chi connectivity index (χ2v) is 5.82. The highest BCUT2D eigenvalue weighted by Crippen LogP contribution is 2.29. The van der Waals surface area contributed by atoms with Crippen LogP contribution in [0.25, 0.3) is 11.4 Å². The molecule has 1 heterocycles. The van der Waals surface area contributed by atoms with Gasteiger partial charge in [0, 0.05) is 23.4 Å². The van der Waals surface area contributed by atoms with E-state index in [0.717, 1.165) is 36.6 Å². The van der Waals surface area contributed by atoms with Gasteiger partial charge in [0.2, 0.25) is 0 Å². The van der Waals surface area contributed by atoms with Crippen molar-refractivity contribution in [2.24, 2.45) is 0 Å². The van der Waals surface area contributed by atoms with Gasteiger partial charge < -0.3 is 5.32 Å². The van der Waals surface area contributed by atoms with Crippen LogP contribution in [0.2, 0.25) is 0 Å². The number of fused-ring (bicyclic) bond motifs is 1. The van der Waals surface area contributed by atoms with E-state index in [0.29, 0.717) is 0 Å². The van der Waals surface area contributed by atoms with Crippen LogP contribution in [0, 0.1) is 6.92 Å². The van der Waals surface area contributed by atoms with E-state index in [1.54, 1.807) is 0 Å². The summed E-state index contributed by atoms with van der Waals surface area (Å²) in [5.74, 6) is 1.91. The quantitative estimate of drug-likeness (QED) is 0.836. The minimum Gasteiger partial charge on any atom is -0.370 e. The topological polar surface area (TPSA) is 37.8 Å². The molecule has 0 bridgehead atoms. The zero-order valence-electron chi connectivity index (χ0n) is 12.9. The molecule has 0 radical (unpaired) electrons. The molecule has 0 amide bonds. The van der Waals surface area contributed by atoms with E-state index in [4.69, 9.17) is 9.97 Å². The van der Waals surface area contributed by atoms with Gasteiger partial charge in [0.1, 0.15) is 5.82 Å². The number of hydrogen-bond acceptors (Lipinski definition) is 3. The molecule has 0 saturated heterocycles. The molecule has 110 valence electrons. The Morgan fingerprint density at radius 2 is 1.90 bits per heavy atom. The second-order valence-electron chi connectivity index (χ2n) is 5.82. The Bertz CT molecular complexity index is 617. The molecule has 1 aliphatic rings. The summed E-state index contributed by atoms with van der Waals surface area (Å²) >= 11 is 0. The van der Waals surface area contributed by atoms with Crippen molar-refractivity contribution in [3.63, 3.8) is 0 Å². The van der Waals surface area contributed by atoms with Crippen molar-refractivity contribution < 1.29 is 0 Å². The third kappa shape index (κ3) is 3.07. The van der Waals surface area contributed by atoms with Crippen molar-refractivity contribution >= 4 is 5.82 Å². The number of nitrogens with zero attached hydrogens (tertiary/aromatic N) is 2. The summed E-state index contributed by atoms with van der Waals surface area (Å²) in [5.41, 5.74) is 4.94. The molecule has 21 heavy (non-hydrogen) atoms. The molecule has 0 fully saturated rings. The number of aryl methyl sites for hydroxylation is 2. The second kappa shape index (κ2) is 6.25. The van der Waals surface area contributed by atoms with E-state index in [2.05, 4.69) is 43.4 Å². The summed E-state index contributed by atoms with van der Waals surface area (Å²) < 4.78 is 0. The maximum atomic E-state index is 4.79. The van der Waals surface area contributed by atoms with Gasteiger partial charge >= 0.3 is 0 Å². The fourth-order valence-corrected chi connectivity index (χ4v) is 2.79. The predicted octanol–water partition coefficient (Wildman–Crippen LogP) is 4.15. The Balaban J connectivity index is 1.94.